The zero-order chi connectivity index (χ0) is 13.7. The first-order chi connectivity index (χ1) is 9.19. The summed E-state index contributed by atoms with van der Waals surface area (Å²) in [5.74, 6) is 0.551. The maximum Gasteiger partial charge on any atom is 0.308 e. The molecule has 0 aromatic carbocycles. The molecule has 0 atom stereocenters. The lowest BCUT2D eigenvalue weighted by molar-refractivity contribution is -0.148. The fourth-order valence-corrected chi connectivity index (χ4v) is 2.46. The molecule has 2 rings (SSSR count). The highest BCUT2D eigenvalue weighted by Gasteiger charge is 2.27. The smallest absolute Gasteiger partial charge is 0.308 e. The first kappa shape index (κ1) is 14.3. The van der Waals surface area contributed by atoms with Crippen LogP contribution in [0.2, 0.25) is 0 Å². The van der Waals surface area contributed by atoms with E-state index in [2.05, 4.69) is 5.32 Å². The Bertz CT molecular complexity index is 319. The van der Waals surface area contributed by atoms with E-state index >= 15 is 0 Å². The van der Waals surface area contributed by atoms with Crippen LogP contribution in [0.3, 0.4) is 0 Å². The summed E-state index contributed by atoms with van der Waals surface area (Å²) in [7, 11) is 1.43. The Labute approximate surface area is 114 Å². The minimum atomic E-state index is -0.124. The van der Waals surface area contributed by atoms with Crippen LogP contribution in [-0.4, -0.2) is 38.2 Å². The minimum Gasteiger partial charge on any atom is -0.469 e. The number of rotatable bonds is 6. The number of carbonyl (C=O) groups excluding carboxylic acids is 2. The van der Waals surface area contributed by atoms with Gasteiger partial charge >= 0.3 is 5.97 Å². The molecular formula is C14H23NO4. The second-order valence-electron chi connectivity index (χ2n) is 5.56. The van der Waals surface area contributed by atoms with Gasteiger partial charge in [-0.1, -0.05) is 0 Å². The predicted molar refractivity (Wildman–Crippen MR) is 69.4 cm³/mol. The quantitative estimate of drug-likeness (QED) is 0.737. The molecule has 19 heavy (non-hydrogen) atoms. The fourth-order valence-electron chi connectivity index (χ4n) is 2.46. The molecule has 2 fully saturated rings. The number of amides is 1. The average Bonchev–Trinajstić information content (AvgIpc) is 3.26. The summed E-state index contributed by atoms with van der Waals surface area (Å²) in [5, 5.41) is 2.88. The molecule has 0 saturated heterocycles. The van der Waals surface area contributed by atoms with Crippen LogP contribution in [0.25, 0.3) is 0 Å². The molecule has 0 unspecified atom stereocenters. The van der Waals surface area contributed by atoms with Gasteiger partial charge in [0, 0.05) is 6.54 Å². The molecule has 108 valence electrons. The molecule has 1 amide bonds. The molecule has 5 nitrogen and oxygen atoms in total. The maximum absolute atomic E-state index is 11.5. The molecule has 0 heterocycles. The number of hydrogen-bond acceptors (Lipinski definition) is 4. The van der Waals surface area contributed by atoms with E-state index in [1.165, 1.54) is 20.0 Å². The van der Waals surface area contributed by atoms with Gasteiger partial charge in [-0.25, -0.2) is 0 Å². The van der Waals surface area contributed by atoms with Crippen molar-refractivity contribution in [1.29, 1.82) is 0 Å². The van der Waals surface area contributed by atoms with Crippen molar-refractivity contribution in [2.75, 3.05) is 20.3 Å². The molecule has 1 N–H and O–H groups in total. The lowest BCUT2D eigenvalue weighted by atomic mass is 9.87. The highest BCUT2D eigenvalue weighted by molar-refractivity contribution is 5.77. The van der Waals surface area contributed by atoms with Crippen LogP contribution >= 0.6 is 0 Å². The number of ether oxygens (including phenoxy) is 2. The van der Waals surface area contributed by atoms with Gasteiger partial charge in [-0.15, -0.1) is 0 Å². The summed E-state index contributed by atoms with van der Waals surface area (Å²) in [6.07, 6.45) is 5.82. The summed E-state index contributed by atoms with van der Waals surface area (Å²) < 4.78 is 10.3. The third-order valence-electron chi connectivity index (χ3n) is 3.94. The highest BCUT2D eigenvalue weighted by atomic mass is 16.5. The van der Waals surface area contributed by atoms with Gasteiger partial charge in [-0.3, -0.25) is 9.59 Å². The Morgan fingerprint density at radius 1 is 1.11 bits per heavy atom. The van der Waals surface area contributed by atoms with E-state index in [1.54, 1.807) is 0 Å². The average molecular weight is 269 g/mol. The molecule has 0 radical (unpaired) electrons. The van der Waals surface area contributed by atoms with Gasteiger partial charge in [-0.2, -0.15) is 0 Å². The molecule has 2 aliphatic rings. The second-order valence-corrected chi connectivity index (χ2v) is 5.56. The normalized spacial score (nSPS) is 26.8. The zero-order valence-corrected chi connectivity index (χ0v) is 11.5. The van der Waals surface area contributed by atoms with E-state index in [1.807, 2.05) is 0 Å². The Kier molecular flexibility index (Phi) is 5.19. The van der Waals surface area contributed by atoms with Crippen LogP contribution in [0.15, 0.2) is 0 Å². The summed E-state index contributed by atoms with van der Waals surface area (Å²) in [6, 6.07) is 0. The largest absolute Gasteiger partial charge is 0.469 e. The number of nitrogens with one attached hydrogen (secondary N) is 1. The molecule has 0 spiro atoms. The van der Waals surface area contributed by atoms with E-state index in [9.17, 15) is 9.59 Å². The number of esters is 1. The summed E-state index contributed by atoms with van der Waals surface area (Å²) >= 11 is 0. The molecule has 2 aliphatic carbocycles. The van der Waals surface area contributed by atoms with E-state index in [-0.39, 0.29) is 30.5 Å². The van der Waals surface area contributed by atoms with Gasteiger partial charge in [0.1, 0.15) is 6.61 Å². The monoisotopic (exact) mass is 269 g/mol. The Balaban J connectivity index is 1.57. The lowest BCUT2D eigenvalue weighted by Gasteiger charge is -2.26. The first-order valence-electron chi connectivity index (χ1n) is 7.15. The summed E-state index contributed by atoms with van der Waals surface area (Å²) in [4.78, 5) is 22.9. The van der Waals surface area contributed by atoms with Crippen LogP contribution in [0.5, 0.6) is 0 Å². The Morgan fingerprint density at radius 3 is 2.37 bits per heavy atom. The number of hydrogen-bond donors (Lipinski definition) is 1. The standard InChI is InChI=1S/C14H23NO4/c1-18-14(17)11-4-6-12(7-5-11)19-9-13(16)15-8-10-2-3-10/h10-12H,2-9H2,1H3,(H,15,16). The summed E-state index contributed by atoms with van der Waals surface area (Å²) in [6.45, 7) is 0.928. The molecular weight excluding hydrogens is 246 g/mol. The van der Waals surface area contributed by atoms with Crippen LogP contribution in [0.4, 0.5) is 0 Å². The van der Waals surface area contributed by atoms with Crippen molar-refractivity contribution < 1.29 is 19.1 Å². The Hall–Kier alpha value is -1.10. The maximum atomic E-state index is 11.5. The van der Waals surface area contributed by atoms with Crippen LogP contribution < -0.4 is 5.32 Å². The Morgan fingerprint density at radius 2 is 1.79 bits per heavy atom. The van der Waals surface area contributed by atoms with E-state index < -0.39 is 0 Å². The van der Waals surface area contributed by atoms with E-state index in [0.29, 0.717) is 5.92 Å². The van der Waals surface area contributed by atoms with Gasteiger partial charge < -0.3 is 14.8 Å². The third kappa shape index (κ3) is 4.82. The van der Waals surface area contributed by atoms with Gasteiger partial charge in [0.05, 0.1) is 19.1 Å². The van der Waals surface area contributed by atoms with E-state index in [4.69, 9.17) is 9.47 Å². The van der Waals surface area contributed by atoms with Crippen molar-refractivity contribution in [3.05, 3.63) is 0 Å². The van der Waals surface area contributed by atoms with E-state index in [0.717, 1.165) is 32.2 Å². The zero-order valence-electron chi connectivity index (χ0n) is 11.5. The highest BCUT2D eigenvalue weighted by Crippen LogP contribution is 2.28. The fraction of sp³-hybridized carbons (Fsp3) is 0.857. The molecule has 0 aromatic heterocycles. The molecule has 5 heteroatoms. The van der Waals surface area contributed by atoms with Crippen LogP contribution in [-0.2, 0) is 19.1 Å². The van der Waals surface area contributed by atoms with Crippen molar-refractivity contribution in [1.82, 2.24) is 5.32 Å². The molecule has 0 aliphatic heterocycles. The number of methoxy groups -OCH3 is 1. The first-order valence-corrected chi connectivity index (χ1v) is 7.15. The van der Waals surface area contributed by atoms with Crippen molar-refractivity contribution >= 4 is 11.9 Å². The minimum absolute atomic E-state index is 0.00791. The van der Waals surface area contributed by atoms with Crippen molar-refractivity contribution in [2.24, 2.45) is 11.8 Å². The molecule has 0 bridgehead atoms. The molecule has 0 aromatic rings. The molecule has 2 saturated carbocycles. The van der Waals surface area contributed by atoms with Crippen LogP contribution in [0.1, 0.15) is 38.5 Å². The predicted octanol–water partition coefficient (Wildman–Crippen LogP) is 1.26. The lowest BCUT2D eigenvalue weighted by Crippen LogP contribution is -2.33. The van der Waals surface area contributed by atoms with Gasteiger partial charge in [0.15, 0.2) is 0 Å². The third-order valence-corrected chi connectivity index (χ3v) is 3.94. The second kappa shape index (κ2) is 6.89. The van der Waals surface area contributed by atoms with Crippen molar-refractivity contribution in [3.8, 4) is 0 Å². The summed E-state index contributed by atoms with van der Waals surface area (Å²) in [5.41, 5.74) is 0. The van der Waals surface area contributed by atoms with Gasteiger partial charge in [0.2, 0.25) is 5.91 Å². The topological polar surface area (TPSA) is 64.6 Å². The number of carbonyl (C=O) groups is 2. The van der Waals surface area contributed by atoms with Crippen molar-refractivity contribution in [2.45, 2.75) is 44.6 Å². The SMILES string of the molecule is COC(=O)C1CCC(OCC(=O)NCC2CC2)CC1. The van der Waals surface area contributed by atoms with Gasteiger partial charge in [0.25, 0.3) is 0 Å². The van der Waals surface area contributed by atoms with Crippen molar-refractivity contribution in [3.63, 3.8) is 0 Å². The van der Waals surface area contributed by atoms with Crippen LogP contribution in [0, 0.1) is 11.8 Å². The van der Waals surface area contributed by atoms with Gasteiger partial charge in [-0.05, 0) is 44.4 Å².